The molecule has 0 nitrogen and oxygen atoms in total. The lowest BCUT2D eigenvalue weighted by atomic mass is 10.4. The van der Waals surface area contributed by atoms with Crippen LogP contribution in [-0.2, 0) is 0 Å². The Labute approximate surface area is 67.7 Å². The molecule has 0 radical (unpaired) electrons. The van der Waals surface area contributed by atoms with Gasteiger partial charge in [0.2, 0.25) is 0 Å². The largest absolute Gasteiger partial charge is 0.0838 e. The molecule has 58 valence electrons. The van der Waals surface area contributed by atoms with Gasteiger partial charge in [0.15, 0.2) is 0 Å². The Morgan fingerprint density at radius 3 is 1.80 bits per heavy atom. The van der Waals surface area contributed by atoms with Crippen LogP contribution in [0.1, 0.15) is 13.3 Å². The summed E-state index contributed by atoms with van der Waals surface area (Å²) in [7, 11) is -0.259. The second-order valence-corrected chi connectivity index (χ2v) is 8.19. The summed E-state index contributed by atoms with van der Waals surface area (Å²) in [4.78, 5) is 0. The highest BCUT2D eigenvalue weighted by Gasteiger charge is 1.91. The highest BCUT2D eigenvalue weighted by Crippen LogP contribution is 1.82. The molecule has 2 heteroatoms. The molecule has 0 atom stereocenters. The zero-order valence-corrected chi connectivity index (χ0v) is 9.78. The molecular weight excluding hydrogens is 152 g/mol. The van der Waals surface area contributed by atoms with Gasteiger partial charge in [-0.3, -0.25) is 0 Å². The maximum absolute atomic E-state index is 2.53. The molecule has 0 aromatic heterocycles. The molecular formula is C8H18Si2. The molecule has 0 aliphatic heterocycles. The highest BCUT2D eigenvalue weighted by atomic mass is 28.2. The molecule has 0 aliphatic rings. The van der Waals surface area contributed by atoms with Gasteiger partial charge in [0.05, 0.1) is 0 Å². The molecule has 10 heavy (non-hydrogen) atoms. The first-order chi connectivity index (χ1) is 4.57. The number of hydrogen-bond acceptors (Lipinski definition) is 0. The molecule has 0 heterocycles. The summed E-state index contributed by atoms with van der Waals surface area (Å²) in [6.07, 6.45) is 1.27. The molecule has 0 spiro atoms. The average Bonchev–Trinajstić information content (AvgIpc) is 1.81. The molecule has 0 amide bonds. The van der Waals surface area contributed by atoms with Crippen molar-refractivity contribution in [2.75, 3.05) is 0 Å². The molecule has 0 aromatic rings. The molecule has 0 aromatic carbocycles. The van der Waals surface area contributed by atoms with Crippen LogP contribution in [0.25, 0.3) is 0 Å². The Hall–Kier alpha value is 0.174. The van der Waals surface area contributed by atoms with Crippen LogP contribution in [0.15, 0.2) is 0 Å². The Bertz CT molecular complexity index is 158. The van der Waals surface area contributed by atoms with Gasteiger partial charge in [-0.1, -0.05) is 44.0 Å². The van der Waals surface area contributed by atoms with Crippen molar-refractivity contribution < 1.29 is 0 Å². The van der Waals surface area contributed by atoms with Crippen LogP contribution in [0.5, 0.6) is 0 Å². The van der Waals surface area contributed by atoms with Gasteiger partial charge in [0, 0.05) is 16.8 Å². The Morgan fingerprint density at radius 1 is 1.20 bits per heavy atom. The maximum Gasteiger partial charge on any atom is 0.00693 e. The van der Waals surface area contributed by atoms with Crippen molar-refractivity contribution in [1.29, 1.82) is 0 Å². The Balaban J connectivity index is 4.40. The third kappa shape index (κ3) is 4.06. The summed E-state index contributed by atoms with van der Waals surface area (Å²) < 4.78 is 0. The fourth-order valence-electron chi connectivity index (χ4n) is 0.948. The van der Waals surface area contributed by atoms with Gasteiger partial charge in [-0.05, 0) is 6.42 Å². The van der Waals surface area contributed by atoms with E-state index < -0.39 is 0 Å². The van der Waals surface area contributed by atoms with Gasteiger partial charge in [-0.15, -0.1) is 0 Å². The highest BCUT2D eigenvalue weighted by molar-refractivity contribution is 6.89. The lowest BCUT2D eigenvalue weighted by molar-refractivity contribution is 1.34. The third-order valence-corrected chi connectivity index (χ3v) is 4.48. The van der Waals surface area contributed by atoms with E-state index in [9.17, 15) is 0 Å². The van der Waals surface area contributed by atoms with Crippen LogP contribution >= 0.6 is 0 Å². The fourth-order valence-corrected chi connectivity index (χ4v) is 4.58. The first-order valence-corrected chi connectivity index (χ1v) is 8.97. The SMILES string of the molecule is CCC(C=[Si](C)C)=[Si](C)C. The van der Waals surface area contributed by atoms with E-state index in [-0.39, 0.29) is 16.8 Å². The van der Waals surface area contributed by atoms with Gasteiger partial charge in [-0.2, -0.15) is 0 Å². The predicted molar refractivity (Wildman–Crippen MR) is 56.3 cm³/mol. The van der Waals surface area contributed by atoms with E-state index in [4.69, 9.17) is 0 Å². The summed E-state index contributed by atoms with van der Waals surface area (Å²) in [5, 5.41) is 1.74. The van der Waals surface area contributed by atoms with Crippen molar-refractivity contribution in [3.05, 3.63) is 0 Å². The van der Waals surface area contributed by atoms with E-state index in [1.54, 1.807) is 5.17 Å². The Morgan fingerprint density at radius 2 is 1.70 bits per heavy atom. The molecule has 0 fully saturated rings. The topological polar surface area (TPSA) is 0 Å². The van der Waals surface area contributed by atoms with Gasteiger partial charge in [0.25, 0.3) is 0 Å². The van der Waals surface area contributed by atoms with Crippen molar-refractivity contribution in [2.45, 2.75) is 39.5 Å². The molecule has 0 rings (SSSR count). The molecule has 0 aliphatic carbocycles. The van der Waals surface area contributed by atoms with Crippen LogP contribution in [0.3, 0.4) is 0 Å². The number of rotatable bonds is 2. The molecule has 0 N–H and O–H groups in total. The average molecular weight is 170 g/mol. The van der Waals surface area contributed by atoms with E-state index in [1.165, 1.54) is 6.42 Å². The van der Waals surface area contributed by atoms with E-state index in [0.717, 1.165) is 0 Å². The molecule has 0 saturated heterocycles. The van der Waals surface area contributed by atoms with Crippen molar-refractivity contribution in [3.8, 4) is 0 Å². The van der Waals surface area contributed by atoms with Crippen molar-refractivity contribution in [3.63, 3.8) is 0 Å². The van der Waals surface area contributed by atoms with E-state index in [1.807, 2.05) is 0 Å². The first-order valence-electron chi connectivity index (χ1n) is 3.89. The summed E-state index contributed by atoms with van der Waals surface area (Å²) in [5.74, 6) is 0. The summed E-state index contributed by atoms with van der Waals surface area (Å²) in [6, 6.07) is 0. The van der Waals surface area contributed by atoms with Gasteiger partial charge in [0.1, 0.15) is 0 Å². The molecule has 0 unspecified atom stereocenters. The zero-order valence-electron chi connectivity index (χ0n) is 7.78. The monoisotopic (exact) mass is 170 g/mol. The summed E-state index contributed by atoms with van der Waals surface area (Å²) in [5.41, 5.74) is 2.53. The minimum atomic E-state index is -0.132. The zero-order chi connectivity index (χ0) is 8.15. The number of hydrogen-bond donors (Lipinski definition) is 0. The quantitative estimate of drug-likeness (QED) is 0.557. The lowest BCUT2D eigenvalue weighted by Gasteiger charge is -2.00. The van der Waals surface area contributed by atoms with Crippen LogP contribution in [-0.4, -0.2) is 27.7 Å². The molecule has 0 bridgehead atoms. The maximum atomic E-state index is 2.53. The van der Waals surface area contributed by atoms with E-state index >= 15 is 0 Å². The Kier molecular flexibility index (Phi) is 4.99. The van der Waals surface area contributed by atoms with E-state index in [2.05, 4.69) is 38.8 Å². The van der Waals surface area contributed by atoms with Crippen LogP contribution in [0.2, 0.25) is 26.2 Å². The van der Waals surface area contributed by atoms with E-state index in [0.29, 0.717) is 0 Å². The van der Waals surface area contributed by atoms with Crippen molar-refractivity contribution in [2.24, 2.45) is 0 Å². The lowest BCUT2D eigenvalue weighted by Crippen LogP contribution is -2.14. The van der Waals surface area contributed by atoms with Crippen molar-refractivity contribution in [1.82, 2.24) is 0 Å². The van der Waals surface area contributed by atoms with Crippen LogP contribution in [0, 0.1) is 0 Å². The van der Waals surface area contributed by atoms with Crippen LogP contribution < -0.4 is 0 Å². The predicted octanol–water partition coefficient (Wildman–Crippen LogP) is 2.04. The fraction of sp³-hybridized carbons (Fsp3) is 0.750. The van der Waals surface area contributed by atoms with Gasteiger partial charge < -0.3 is 0 Å². The van der Waals surface area contributed by atoms with Gasteiger partial charge in [-0.25, -0.2) is 0 Å². The summed E-state index contributed by atoms with van der Waals surface area (Å²) >= 11 is 0. The standard InChI is InChI=1S/C8H18Si2/c1-6-8(10(4)5)7-9(2)3/h7H,6H2,1-5H3. The minimum Gasteiger partial charge on any atom is -0.0838 e. The first kappa shape index (κ1) is 10.2. The molecule has 0 saturated carbocycles. The minimum absolute atomic E-state index is 0.127. The smallest absolute Gasteiger partial charge is 0.00693 e. The second-order valence-electron chi connectivity index (χ2n) is 3.10. The third-order valence-electron chi connectivity index (χ3n) is 1.49. The van der Waals surface area contributed by atoms with Crippen LogP contribution in [0.4, 0.5) is 0 Å². The van der Waals surface area contributed by atoms with Gasteiger partial charge >= 0.3 is 0 Å². The normalized spacial score (nSPS) is 8.90. The van der Waals surface area contributed by atoms with Crippen molar-refractivity contribution >= 4 is 27.7 Å². The summed E-state index contributed by atoms with van der Waals surface area (Å²) in [6.45, 7) is 11.7. The second kappa shape index (κ2) is 4.91.